The molecule has 1 fully saturated rings. The Hall–Kier alpha value is -2.21. The molecule has 0 N–H and O–H groups in total. The van der Waals surface area contributed by atoms with E-state index < -0.39 is 15.8 Å². The third kappa shape index (κ3) is 2.41. The molecular weight excluding hydrogens is 327 g/mol. The van der Waals surface area contributed by atoms with E-state index in [9.17, 15) is 12.8 Å². The van der Waals surface area contributed by atoms with Crippen molar-refractivity contribution in [1.29, 1.82) is 0 Å². The molecule has 0 spiro atoms. The van der Waals surface area contributed by atoms with Gasteiger partial charge in [-0.3, -0.25) is 4.98 Å². The first kappa shape index (κ1) is 15.3. The molecule has 0 unspecified atom stereocenters. The van der Waals surface area contributed by atoms with E-state index in [4.69, 9.17) is 0 Å². The molecule has 4 nitrogen and oxygen atoms in total. The number of hydrogen-bond donors (Lipinski definition) is 0. The minimum Gasteiger partial charge on any atom is -0.254 e. The van der Waals surface area contributed by atoms with E-state index in [1.807, 2.05) is 0 Å². The molecule has 2 aromatic heterocycles. The predicted molar refractivity (Wildman–Crippen MR) is 89.9 cm³/mol. The standard InChI is InChI=1S/C18H17FN2O2S/c19-14-7-3-8-15(11-14)24(22,23)21-12-16(13-5-1-2-6-13)18-17(21)9-4-10-20-18/h3-4,7-13H,1-2,5-6H2. The predicted octanol–water partition coefficient (Wildman–Crippen LogP) is 4.07. The van der Waals surface area contributed by atoms with Crippen LogP contribution in [0.2, 0.25) is 0 Å². The molecule has 0 aliphatic heterocycles. The van der Waals surface area contributed by atoms with Crippen molar-refractivity contribution in [3.8, 4) is 0 Å². The second kappa shape index (κ2) is 5.70. The first-order valence-corrected chi connectivity index (χ1v) is 9.48. The lowest BCUT2D eigenvalue weighted by Crippen LogP contribution is -2.12. The van der Waals surface area contributed by atoms with Gasteiger partial charge in [0.1, 0.15) is 5.82 Å². The fraction of sp³-hybridized carbons (Fsp3) is 0.278. The highest BCUT2D eigenvalue weighted by atomic mass is 32.2. The molecule has 0 radical (unpaired) electrons. The van der Waals surface area contributed by atoms with Gasteiger partial charge in [0.25, 0.3) is 10.0 Å². The van der Waals surface area contributed by atoms with Gasteiger partial charge in [-0.2, -0.15) is 0 Å². The van der Waals surface area contributed by atoms with Gasteiger partial charge in [-0.15, -0.1) is 0 Å². The number of rotatable bonds is 3. The molecule has 0 saturated heterocycles. The molecule has 1 aliphatic rings. The molecule has 2 heterocycles. The molecule has 0 atom stereocenters. The Morgan fingerprint density at radius 1 is 1.12 bits per heavy atom. The molecular formula is C18H17FN2O2S. The largest absolute Gasteiger partial charge is 0.268 e. The van der Waals surface area contributed by atoms with E-state index in [2.05, 4.69) is 4.98 Å². The molecule has 24 heavy (non-hydrogen) atoms. The average molecular weight is 344 g/mol. The lowest BCUT2D eigenvalue weighted by Gasteiger charge is -2.07. The summed E-state index contributed by atoms with van der Waals surface area (Å²) in [5.41, 5.74) is 2.25. The van der Waals surface area contributed by atoms with Gasteiger partial charge in [0.05, 0.1) is 15.9 Å². The highest BCUT2D eigenvalue weighted by Gasteiger charge is 2.26. The van der Waals surface area contributed by atoms with E-state index in [0.717, 1.165) is 42.8 Å². The second-order valence-corrected chi connectivity index (χ2v) is 8.01. The first-order chi connectivity index (χ1) is 11.6. The van der Waals surface area contributed by atoms with Crippen LogP contribution in [0.4, 0.5) is 4.39 Å². The number of pyridine rings is 1. The van der Waals surface area contributed by atoms with Gasteiger partial charge in [-0.25, -0.2) is 16.8 Å². The van der Waals surface area contributed by atoms with E-state index in [0.29, 0.717) is 11.4 Å². The van der Waals surface area contributed by atoms with Crippen molar-refractivity contribution in [3.63, 3.8) is 0 Å². The summed E-state index contributed by atoms with van der Waals surface area (Å²) in [6, 6.07) is 8.57. The summed E-state index contributed by atoms with van der Waals surface area (Å²) in [6.07, 6.45) is 7.76. The highest BCUT2D eigenvalue weighted by Crippen LogP contribution is 2.38. The van der Waals surface area contributed by atoms with Gasteiger partial charge in [0.2, 0.25) is 0 Å². The summed E-state index contributed by atoms with van der Waals surface area (Å²) in [5.74, 6) is -0.229. The summed E-state index contributed by atoms with van der Waals surface area (Å²) in [6.45, 7) is 0. The third-order valence-corrected chi connectivity index (χ3v) is 6.37. The first-order valence-electron chi connectivity index (χ1n) is 8.04. The second-order valence-electron chi connectivity index (χ2n) is 6.20. The molecule has 3 aromatic rings. The summed E-state index contributed by atoms with van der Waals surface area (Å²) in [5, 5.41) is 0. The summed E-state index contributed by atoms with van der Waals surface area (Å²) in [4.78, 5) is 4.36. The fourth-order valence-electron chi connectivity index (χ4n) is 3.53. The molecule has 0 amide bonds. The molecule has 6 heteroatoms. The summed E-state index contributed by atoms with van der Waals surface area (Å²) >= 11 is 0. The Balaban J connectivity index is 1.93. The van der Waals surface area contributed by atoms with Crippen molar-refractivity contribution in [2.45, 2.75) is 36.5 Å². The molecule has 1 aliphatic carbocycles. The fourth-order valence-corrected chi connectivity index (χ4v) is 4.93. The number of hydrogen-bond acceptors (Lipinski definition) is 3. The van der Waals surface area contributed by atoms with Crippen molar-refractivity contribution < 1.29 is 12.8 Å². The number of aromatic nitrogens is 2. The van der Waals surface area contributed by atoms with Crippen LogP contribution >= 0.6 is 0 Å². The molecule has 1 saturated carbocycles. The zero-order valence-electron chi connectivity index (χ0n) is 13.0. The van der Waals surface area contributed by atoms with Crippen LogP contribution in [0, 0.1) is 5.82 Å². The van der Waals surface area contributed by atoms with Crippen LogP contribution in [0.15, 0.2) is 53.7 Å². The van der Waals surface area contributed by atoms with Crippen LogP contribution < -0.4 is 0 Å². The Morgan fingerprint density at radius 2 is 1.92 bits per heavy atom. The van der Waals surface area contributed by atoms with Gasteiger partial charge in [0, 0.05) is 18.0 Å². The normalized spacial score (nSPS) is 16.0. The van der Waals surface area contributed by atoms with Gasteiger partial charge in [0.15, 0.2) is 0 Å². The average Bonchev–Trinajstić information content (AvgIpc) is 3.22. The van der Waals surface area contributed by atoms with Crippen LogP contribution in [0.1, 0.15) is 37.2 Å². The van der Waals surface area contributed by atoms with E-state index in [1.54, 1.807) is 24.5 Å². The number of fused-ring (bicyclic) bond motifs is 1. The van der Waals surface area contributed by atoms with Crippen molar-refractivity contribution in [3.05, 3.63) is 60.2 Å². The quantitative estimate of drug-likeness (QED) is 0.720. The number of nitrogens with zero attached hydrogens (tertiary/aromatic N) is 2. The van der Waals surface area contributed by atoms with Gasteiger partial charge in [-0.1, -0.05) is 18.9 Å². The molecule has 4 rings (SSSR count). The Labute approximate surface area is 140 Å². The minimum absolute atomic E-state index is 0.0544. The highest BCUT2D eigenvalue weighted by molar-refractivity contribution is 7.90. The van der Waals surface area contributed by atoms with Gasteiger partial charge >= 0.3 is 0 Å². The number of halogens is 1. The zero-order chi connectivity index (χ0) is 16.7. The molecule has 1 aromatic carbocycles. The monoisotopic (exact) mass is 344 g/mol. The van der Waals surface area contributed by atoms with Crippen LogP contribution in [0.25, 0.3) is 11.0 Å². The van der Waals surface area contributed by atoms with E-state index >= 15 is 0 Å². The van der Waals surface area contributed by atoms with Gasteiger partial charge < -0.3 is 0 Å². The maximum Gasteiger partial charge on any atom is 0.268 e. The minimum atomic E-state index is -3.86. The van der Waals surface area contributed by atoms with E-state index in [-0.39, 0.29) is 4.90 Å². The Kier molecular flexibility index (Phi) is 3.64. The van der Waals surface area contributed by atoms with Crippen LogP contribution in [0.3, 0.4) is 0 Å². The Bertz CT molecular complexity index is 1000. The van der Waals surface area contributed by atoms with Crippen molar-refractivity contribution in [2.24, 2.45) is 0 Å². The van der Waals surface area contributed by atoms with Crippen molar-refractivity contribution >= 4 is 21.1 Å². The maximum atomic E-state index is 13.5. The maximum absolute atomic E-state index is 13.5. The van der Waals surface area contributed by atoms with Crippen LogP contribution in [-0.2, 0) is 10.0 Å². The van der Waals surface area contributed by atoms with Gasteiger partial charge in [-0.05, 0) is 49.1 Å². The Morgan fingerprint density at radius 3 is 2.67 bits per heavy atom. The smallest absolute Gasteiger partial charge is 0.254 e. The topological polar surface area (TPSA) is 52.0 Å². The third-order valence-electron chi connectivity index (χ3n) is 4.70. The van der Waals surface area contributed by atoms with Crippen LogP contribution in [-0.4, -0.2) is 17.4 Å². The molecule has 0 bridgehead atoms. The van der Waals surface area contributed by atoms with Crippen molar-refractivity contribution in [1.82, 2.24) is 8.96 Å². The summed E-state index contributed by atoms with van der Waals surface area (Å²) < 4.78 is 40.7. The molecule has 124 valence electrons. The van der Waals surface area contributed by atoms with E-state index in [1.165, 1.54) is 22.2 Å². The summed E-state index contributed by atoms with van der Waals surface area (Å²) in [7, 11) is -3.86. The van der Waals surface area contributed by atoms with Crippen LogP contribution in [0.5, 0.6) is 0 Å². The van der Waals surface area contributed by atoms with Crippen molar-refractivity contribution in [2.75, 3.05) is 0 Å². The SMILES string of the molecule is O=S(=O)(c1cccc(F)c1)n1cc(C2CCCC2)c2ncccc21. The lowest BCUT2D eigenvalue weighted by molar-refractivity contribution is 0.584. The lowest BCUT2D eigenvalue weighted by atomic mass is 10.00. The zero-order valence-corrected chi connectivity index (χ0v) is 13.8. The number of benzene rings is 1.